The van der Waals surface area contributed by atoms with Gasteiger partial charge in [0.05, 0.1) is 28.6 Å². The van der Waals surface area contributed by atoms with E-state index in [0.717, 1.165) is 11.4 Å². The van der Waals surface area contributed by atoms with Crippen LogP contribution < -0.4 is 10.9 Å². The van der Waals surface area contributed by atoms with Crippen LogP contribution in [0.1, 0.15) is 5.69 Å². The highest BCUT2D eigenvalue weighted by Crippen LogP contribution is 2.07. The summed E-state index contributed by atoms with van der Waals surface area (Å²) in [7, 11) is 0. The molecule has 0 radical (unpaired) electrons. The molecule has 0 saturated heterocycles. The number of carbonyl (C=O) groups excluding carboxylic acids is 1. The molecule has 0 aliphatic heterocycles. The van der Waals surface area contributed by atoms with Gasteiger partial charge in [0.15, 0.2) is 0 Å². The average molecular weight is 373 g/mol. The predicted octanol–water partition coefficient (Wildman–Crippen LogP) is 1.94. The van der Waals surface area contributed by atoms with Gasteiger partial charge in [-0.25, -0.2) is 9.67 Å². The van der Waals surface area contributed by atoms with Crippen molar-refractivity contribution in [2.24, 2.45) is 0 Å². The Morgan fingerprint density at radius 3 is 2.64 bits per heavy atom. The Morgan fingerprint density at radius 2 is 1.79 bits per heavy atom. The SMILES string of the molecule is O=C(Cn1cnc2ccccc2c1=O)NCCc1ccn(-c2ccccc2)n1. The van der Waals surface area contributed by atoms with Gasteiger partial charge >= 0.3 is 0 Å². The Labute approximate surface area is 161 Å². The Balaban J connectivity index is 1.34. The fraction of sp³-hybridized carbons (Fsp3) is 0.143. The van der Waals surface area contributed by atoms with E-state index < -0.39 is 0 Å². The molecule has 28 heavy (non-hydrogen) atoms. The highest BCUT2D eigenvalue weighted by atomic mass is 16.2. The lowest BCUT2D eigenvalue weighted by molar-refractivity contribution is -0.121. The first kappa shape index (κ1) is 17.7. The van der Waals surface area contributed by atoms with Crippen LogP contribution in [-0.4, -0.2) is 31.8 Å². The summed E-state index contributed by atoms with van der Waals surface area (Å²) in [5, 5.41) is 7.84. The maximum Gasteiger partial charge on any atom is 0.261 e. The number of hydrogen-bond acceptors (Lipinski definition) is 4. The van der Waals surface area contributed by atoms with E-state index in [9.17, 15) is 9.59 Å². The largest absolute Gasteiger partial charge is 0.354 e. The van der Waals surface area contributed by atoms with E-state index >= 15 is 0 Å². The van der Waals surface area contributed by atoms with Gasteiger partial charge in [0.2, 0.25) is 5.91 Å². The molecule has 2 heterocycles. The van der Waals surface area contributed by atoms with E-state index in [1.54, 1.807) is 22.9 Å². The van der Waals surface area contributed by atoms with Crippen molar-refractivity contribution in [1.29, 1.82) is 0 Å². The minimum atomic E-state index is -0.235. The molecular weight excluding hydrogens is 354 g/mol. The Kier molecular flexibility index (Phi) is 4.97. The summed E-state index contributed by atoms with van der Waals surface area (Å²) < 4.78 is 3.12. The van der Waals surface area contributed by atoms with E-state index in [4.69, 9.17) is 0 Å². The third-order valence-electron chi connectivity index (χ3n) is 4.41. The van der Waals surface area contributed by atoms with Crippen LogP contribution in [0.15, 0.2) is 78.0 Å². The molecule has 7 heteroatoms. The first-order valence-electron chi connectivity index (χ1n) is 9.01. The zero-order chi connectivity index (χ0) is 19.3. The molecular formula is C21H19N5O2. The van der Waals surface area contributed by atoms with Crippen LogP contribution in [0.25, 0.3) is 16.6 Å². The van der Waals surface area contributed by atoms with Gasteiger partial charge in [0.25, 0.3) is 5.56 Å². The lowest BCUT2D eigenvalue weighted by Crippen LogP contribution is -2.33. The van der Waals surface area contributed by atoms with Crippen LogP contribution >= 0.6 is 0 Å². The van der Waals surface area contributed by atoms with Crippen LogP contribution in [0.3, 0.4) is 0 Å². The number of nitrogens with one attached hydrogen (secondary N) is 1. The Hall–Kier alpha value is -3.74. The van der Waals surface area contributed by atoms with Crippen LogP contribution in [-0.2, 0) is 17.8 Å². The second kappa shape index (κ2) is 7.87. The fourth-order valence-corrected chi connectivity index (χ4v) is 2.98. The molecule has 4 rings (SSSR count). The summed E-state index contributed by atoms with van der Waals surface area (Å²) >= 11 is 0. The van der Waals surface area contributed by atoms with E-state index in [0.29, 0.717) is 23.9 Å². The first-order chi connectivity index (χ1) is 13.7. The summed E-state index contributed by atoms with van der Waals surface area (Å²) in [5.74, 6) is -0.235. The van der Waals surface area contributed by atoms with Gasteiger partial charge in [-0.2, -0.15) is 5.10 Å². The minimum Gasteiger partial charge on any atom is -0.354 e. The lowest BCUT2D eigenvalue weighted by Gasteiger charge is -2.07. The third kappa shape index (κ3) is 3.83. The lowest BCUT2D eigenvalue weighted by atomic mass is 10.2. The van der Waals surface area contributed by atoms with Gasteiger partial charge in [-0.3, -0.25) is 14.2 Å². The van der Waals surface area contributed by atoms with Crippen molar-refractivity contribution in [1.82, 2.24) is 24.6 Å². The van der Waals surface area contributed by atoms with Gasteiger partial charge in [-0.15, -0.1) is 0 Å². The molecule has 4 aromatic rings. The van der Waals surface area contributed by atoms with E-state index in [2.05, 4.69) is 15.4 Å². The smallest absolute Gasteiger partial charge is 0.261 e. The number of benzene rings is 2. The highest BCUT2D eigenvalue weighted by molar-refractivity contribution is 5.78. The van der Waals surface area contributed by atoms with Crippen molar-refractivity contribution >= 4 is 16.8 Å². The number of amides is 1. The molecule has 0 atom stereocenters. The zero-order valence-electron chi connectivity index (χ0n) is 15.2. The molecule has 0 saturated carbocycles. The van der Waals surface area contributed by atoms with E-state index in [-0.39, 0.29) is 18.0 Å². The maximum absolute atomic E-state index is 12.4. The zero-order valence-corrected chi connectivity index (χ0v) is 15.2. The summed E-state index contributed by atoms with van der Waals surface area (Å²) in [4.78, 5) is 28.8. The first-order valence-corrected chi connectivity index (χ1v) is 9.01. The quantitative estimate of drug-likeness (QED) is 0.560. The van der Waals surface area contributed by atoms with Gasteiger partial charge in [-0.1, -0.05) is 30.3 Å². The average Bonchev–Trinajstić information content (AvgIpc) is 3.20. The molecule has 0 aliphatic carbocycles. The van der Waals surface area contributed by atoms with Crippen molar-refractivity contribution < 1.29 is 4.79 Å². The van der Waals surface area contributed by atoms with Crippen LogP contribution in [0, 0.1) is 0 Å². The number of rotatable bonds is 6. The Bertz CT molecular complexity index is 1160. The normalized spacial score (nSPS) is 10.9. The molecule has 0 bridgehead atoms. The molecule has 1 amide bonds. The highest BCUT2D eigenvalue weighted by Gasteiger charge is 2.08. The van der Waals surface area contributed by atoms with Crippen LogP contribution in [0.4, 0.5) is 0 Å². The number of hydrogen-bond donors (Lipinski definition) is 1. The molecule has 0 fully saturated rings. The molecule has 1 N–H and O–H groups in total. The molecule has 7 nitrogen and oxygen atoms in total. The van der Waals surface area contributed by atoms with Gasteiger partial charge < -0.3 is 5.32 Å². The second-order valence-electron chi connectivity index (χ2n) is 6.38. The van der Waals surface area contributed by atoms with Gasteiger partial charge in [-0.05, 0) is 30.3 Å². The molecule has 2 aromatic heterocycles. The summed E-state index contributed by atoms with van der Waals surface area (Å²) in [5.41, 5.74) is 2.27. The Morgan fingerprint density at radius 1 is 1.00 bits per heavy atom. The fourth-order valence-electron chi connectivity index (χ4n) is 2.98. The monoisotopic (exact) mass is 373 g/mol. The van der Waals surface area contributed by atoms with Gasteiger partial charge in [0.1, 0.15) is 6.54 Å². The van der Waals surface area contributed by atoms with E-state index in [1.807, 2.05) is 48.7 Å². The number of nitrogens with zero attached hydrogens (tertiary/aromatic N) is 4. The topological polar surface area (TPSA) is 81.8 Å². The van der Waals surface area contributed by atoms with E-state index in [1.165, 1.54) is 10.9 Å². The van der Waals surface area contributed by atoms with Crippen molar-refractivity contribution in [3.05, 3.63) is 89.2 Å². The van der Waals surface area contributed by atoms with Crippen LogP contribution in [0.5, 0.6) is 0 Å². The van der Waals surface area contributed by atoms with Crippen LogP contribution in [0.2, 0.25) is 0 Å². The predicted molar refractivity (Wildman–Crippen MR) is 106 cm³/mol. The molecule has 0 spiro atoms. The maximum atomic E-state index is 12.4. The second-order valence-corrected chi connectivity index (χ2v) is 6.38. The number of aromatic nitrogens is 4. The van der Waals surface area contributed by atoms with Crippen molar-refractivity contribution in [3.8, 4) is 5.69 Å². The minimum absolute atomic E-state index is 0.0604. The molecule has 0 aliphatic rings. The third-order valence-corrected chi connectivity index (χ3v) is 4.41. The van der Waals surface area contributed by atoms with Crippen molar-refractivity contribution in [3.63, 3.8) is 0 Å². The molecule has 2 aromatic carbocycles. The summed E-state index contributed by atoms with van der Waals surface area (Å²) in [6.07, 6.45) is 3.91. The summed E-state index contributed by atoms with van der Waals surface area (Å²) in [6.45, 7) is 0.384. The standard InChI is InChI=1S/C21H19N5O2/c27-20(14-25-15-23-19-9-5-4-8-18(19)21(25)28)22-12-10-16-11-13-26(24-16)17-6-2-1-3-7-17/h1-9,11,13,15H,10,12,14H2,(H,22,27). The van der Waals surface area contributed by atoms with Crippen molar-refractivity contribution in [2.45, 2.75) is 13.0 Å². The number of carbonyl (C=O) groups is 1. The summed E-state index contributed by atoms with van der Waals surface area (Å²) in [6, 6.07) is 18.9. The van der Waals surface area contributed by atoms with Gasteiger partial charge in [0, 0.05) is 19.2 Å². The number of fused-ring (bicyclic) bond motifs is 1. The molecule has 140 valence electrons. The molecule has 0 unspecified atom stereocenters. The number of para-hydroxylation sites is 2. The van der Waals surface area contributed by atoms with Crippen molar-refractivity contribution in [2.75, 3.05) is 6.54 Å².